The third-order valence-electron chi connectivity index (χ3n) is 5.12. The van der Waals surface area contributed by atoms with Crippen LogP contribution in [0.25, 0.3) is 5.76 Å². The Kier molecular flexibility index (Phi) is 5.30. The van der Waals surface area contributed by atoms with Gasteiger partial charge in [-0.3, -0.25) is 14.5 Å². The van der Waals surface area contributed by atoms with Gasteiger partial charge in [0.1, 0.15) is 17.6 Å². The quantitative estimate of drug-likeness (QED) is 0.283. The van der Waals surface area contributed by atoms with Crippen molar-refractivity contribution in [3.8, 4) is 0 Å². The molecule has 1 unspecified atom stereocenters. The summed E-state index contributed by atoms with van der Waals surface area (Å²) < 4.78 is 6.42. The molecule has 30 heavy (non-hydrogen) atoms. The second-order valence-electron chi connectivity index (χ2n) is 7.08. The topological polar surface area (TPSA) is 70.8 Å². The standard InChI is InChI=1S/C23H17BrClNO4/c1-12-5-7-15(11-17(12)25)26-20(18-4-3-9-30-18)19(22(28)23(26)29)21(27)14-6-8-16(24)13(2)10-14/h3-11,20,27H,1-2H3/b21-19-. The molecule has 5 nitrogen and oxygen atoms in total. The zero-order valence-corrected chi connectivity index (χ0v) is 18.5. The van der Waals surface area contributed by atoms with Crippen molar-refractivity contribution < 1.29 is 19.1 Å². The molecular formula is C23H17BrClNO4. The summed E-state index contributed by atoms with van der Waals surface area (Å²) in [7, 11) is 0. The van der Waals surface area contributed by atoms with Crippen LogP contribution in [0.1, 0.15) is 28.5 Å². The Labute approximate surface area is 186 Å². The number of aliphatic hydroxyl groups excluding tert-OH is 1. The van der Waals surface area contributed by atoms with E-state index in [1.54, 1.807) is 48.5 Å². The molecule has 1 aromatic heterocycles. The summed E-state index contributed by atoms with van der Waals surface area (Å²) in [5.74, 6) is -1.44. The Morgan fingerprint density at radius 3 is 2.50 bits per heavy atom. The summed E-state index contributed by atoms with van der Waals surface area (Å²) in [4.78, 5) is 27.3. The second-order valence-corrected chi connectivity index (χ2v) is 8.34. The molecule has 1 saturated heterocycles. The lowest BCUT2D eigenvalue weighted by molar-refractivity contribution is -0.132. The van der Waals surface area contributed by atoms with Gasteiger partial charge in [0.15, 0.2) is 0 Å². The second kappa shape index (κ2) is 7.78. The molecule has 0 spiro atoms. The predicted octanol–water partition coefficient (Wildman–Crippen LogP) is 5.94. The highest BCUT2D eigenvalue weighted by Gasteiger charge is 2.48. The lowest BCUT2D eigenvalue weighted by atomic mass is 9.98. The number of furan rings is 1. The third-order valence-corrected chi connectivity index (χ3v) is 6.42. The van der Waals surface area contributed by atoms with E-state index in [4.69, 9.17) is 16.0 Å². The van der Waals surface area contributed by atoms with Gasteiger partial charge >= 0.3 is 0 Å². The molecule has 2 heterocycles. The fraction of sp³-hybridized carbons (Fsp3) is 0.130. The number of hydrogen-bond acceptors (Lipinski definition) is 4. The summed E-state index contributed by atoms with van der Waals surface area (Å²) in [5.41, 5.74) is 2.57. The minimum Gasteiger partial charge on any atom is -0.507 e. The Hall–Kier alpha value is -2.83. The van der Waals surface area contributed by atoms with Crippen molar-refractivity contribution in [1.82, 2.24) is 0 Å². The van der Waals surface area contributed by atoms with E-state index in [9.17, 15) is 14.7 Å². The third kappa shape index (κ3) is 3.36. The number of Topliss-reactive ketones (excluding diaryl/α,β-unsaturated/α-hetero) is 1. The number of rotatable bonds is 3. The van der Waals surface area contributed by atoms with Crippen LogP contribution in [-0.2, 0) is 9.59 Å². The van der Waals surface area contributed by atoms with Crippen molar-refractivity contribution in [3.63, 3.8) is 0 Å². The van der Waals surface area contributed by atoms with Crippen LogP contribution < -0.4 is 4.90 Å². The van der Waals surface area contributed by atoms with Gasteiger partial charge < -0.3 is 9.52 Å². The summed E-state index contributed by atoms with van der Waals surface area (Å²) in [5, 5.41) is 11.5. The fourth-order valence-corrected chi connectivity index (χ4v) is 3.92. The van der Waals surface area contributed by atoms with Gasteiger partial charge in [-0.2, -0.15) is 0 Å². The van der Waals surface area contributed by atoms with Gasteiger partial charge in [0.25, 0.3) is 11.7 Å². The average Bonchev–Trinajstić information content (AvgIpc) is 3.33. The average molecular weight is 487 g/mol. The normalized spacial score (nSPS) is 18.3. The van der Waals surface area contributed by atoms with E-state index < -0.39 is 17.7 Å². The Morgan fingerprint density at radius 1 is 1.10 bits per heavy atom. The number of benzene rings is 2. The van der Waals surface area contributed by atoms with Crippen molar-refractivity contribution in [2.75, 3.05) is 4.90 Å². The highest BCUT2D eigenvalue weighted by molar-refractivity contribution is 9.10. The molecule has 7 heteroatoms. The van der Waals surface area contributed by atoms with Crippen molar-refractivity contribution in [1.29, 1.82) is 0 Å². The zero-order chi connectivity index (χ0) is 21.6. The molecule has 1 amide bonds. The minimum atomic E-state index is -0.914. The van der Waals surface area contributed by atoms with Gasteiger partial charge in [0, 0.05) is 20.7 Å². The molecule has 3 aromatic rings. The number of hydrogen-bond donors (Lipinski definition) is 1. The molecule has 1 N–H and O–H groups in total. The fourth-order valence-electron chi connectivity index (χ4n) is 3.49. The molecule has 0 saturated carbocycles. The Morgan fingerprint density at radius 2 is 1.87 bits per heavy atom. The molecule has 1 aliphatic heterocycles. The number of amides is 1. The molecule has 0 aliphatic carbocycles. The zero-order valence-electron chi connectivity index (χ0n) is 16.1. The Bertz CT molecular complexity index is 1200. The molecule has 2 aromatic carbocycles. The van der Waals surface area contributed by atoms with Gasteiger partial charge in [-0.05, 0) is 61.4 Å². The lowest BCUT2D eigenvalue weighted by Gasteiger charge is -2.23. The maximum absolute atomic E-state index is 13.0. The van der Waals surface area contributed by atoms with E-state index in [-0.39, 0.29) is 11.3 Å². The monoisotopic (exact) mass is 485 g/mol. The van der Waals surface area contributed by atoms with Crippen LogP contribution >= 0.6 is 27.5 Å². The number of aliphatic hydroxyl groups is 1. The first-order valence-corrected chi connectivity index (χ1v) is 10.3. The number of halogens is 2. The number of nitrogens with zero attached hydrogens (tertiary/aromatic N) is 1. The summed E-state index contributed by atoms with van der Waals surface area (Å²) in [6.45, 7) is 3.72. The molecule has 0 bridgehead atoms. The van der Waals surface area contributed by atoms with Crippen molar-refractivity contribution in [3.05, 3.63) is 92.3 Å². The van der Waals surface area contributed by atoms with Crippen LogP contribution in [0.4, 0.5) is 5.69 Å². The number of aryl methyl sites for hydroxylation is 2. The van der Waals surface area contributed by atoms with Gasteiger partial charge in [0.05, 0.1) is 11.8 Å². The number of carbonyl (C=O) groups excluding carboxylic acids is 2. The lowest BCUT2D eigenvalue weighted by Crippen LogP contribution is -2.29. The first-order valence-electron chi connectivity index (χ1n) is 9.16. The molecule has 152 valence electrons. The van der Waals surface area contributed by atoms with Gasteiger partial charge in [-0.25, -0.2) is 0 Å². The van der Waals surface area contributed by atoms with Crippen LogP contribution in [-0.4, -0.2) is 16.8 Å². The van der Waals surface area contributed by atoms with Crippen molar-refractivity contribution >= 4 is 50.7 Å². The minimum absolute atomic E-state index is 0.0339. The summed E-state index contributed by atoms with van der Waals surface area (Å²) >= 11 is 9.69. The van der Waals surface area contributed by atoms with Crippen molar-refractivity contribution in [2.24, 2.45) is 0 Å². The predicted molar refractivity (Wildman–Crippen MR) is 119 cm³/mol. The summed E-state index contributed by atoms with van der Waals surface area (Å²) in [6, 6.07) is 12.7. The molecule has 1 fully saturated rings. The smallest absolute Gasteiger partial charge is 0.300 e. The highest BCUT2D eigenvalue weighted by Crippen LogP contribution is 2.43. The van der Waals surface area contributed by atoms with Gasteiger partial charge in [0.2, 0.25) is 0 Å². The first-order chi connectivity index (χ1) is 14.3. The van der Waals surface area contributed by atoms with Crippen molar-refractivity contribution in [2.45, 2.75) is 19.9 Å². The number of carbonyl (C=O) groups is 2. The van der Waals surface area contributed by atoms with Crippen LogP contribution in [0, 0.1) is 13.8 Å². The van der Waals surface area contributed by atoms with Crippen LogP contribution in [0.15, 0.2) is 69.3 Å². The van der Waals surface area contributed by atoms with E-state index in [0.29, 0.717) is 22.0 Å². The first kappa shape index (κ1) is 20.4. The maximum Gasteiger partial charge on any atom is 0.300 e. The van der Waals surface area contributed by atoms with E-state index in [1.165, 1.54) is 11.2 Å². The maximum atomic E-state index is 13.0. The highest BCUT2D eigenvalue weighted by atomic mass is 79.9. The SMILES string of the molecule is Cc1ccc(N2C(=O)C(=O)/C(=C(\O)c3ccc(Br)c(C)c3)C2c2ccco2)cc1Cl. The largest absolute Gasteiger partial charge is 0.507 e. The van der Waals surface area contributed by atoms with E-state index >= 15 is 0 Å². The number of anilines is 1. The molecule has 1 atom stereocenters. The molecule has 1 aliphatic rings. The molecule has 0 radical (unpaired) electrons. The van der Waals surface area contributed by atoms with Crippen LogP contribution in [0.3, 0.4) is 0 Å². The van der Waals surface area contributed by atoms with Crippen LogP contribution in [0.5, 0.6) is 0 Å². The summed E-state index contributed by atoms with van der Waals surface area (Å²) in [6.07, 6.45) is 1.46. The molecular weight excluding hydrogens is 470 g/mol. The van der Waals surface area contributed by atoms with E-state index in [1.807, 2.05) is 13.8 Å². The van der Waals surface area contributed by atoms with Crippen LogP contribution in [0.2, 0.25) is 5.02 Å². The number of ketones is 1. The van der Waals surface area contributed by atoms with E-state index in [2.05, 4.69) is 15.9 Å². The Balaban J connectivity index is 1.93. The molecule has 4 rings (SSSR count). The van der Waals surface area contributed by atoms with Gasteiger partial charge in [-0.1, -0.05) is 39.7 Å². The van der Waals surface area contributed by atoms with Gasteiger partial charge in [-0.15, -0.1) is 0 Å². The van der Waals surface area contributed by atoms with E-state index in [0.717, 1.165) is 15.6 Å².